The molecule has 1 atom stereocenters. The van der Waals surface area contributed by atoms with Gasteiger partial charge in [0.15, 0.2) is 0 Å². The molecule has 1 aromatic carbocycles. The van der Waals surface area contributed by atoms with Gasteiger partial charge in [-0.25, -0.2) is 0 Å². The van der Waals surface area contributed by atoms with E-state index in [2.05, 4.69) is 12.2 Å². The Morgan fingerprint density at radius 2 is 2.18 bits per heavy atom. The molecule has 4 heteroatoms. The zero-order valence-electron chi connectivity index (χ0n) is 10.2. The van der Waals surface area contributed by atoms with Crippen LogP contribution in [0.15, 0.2) is 29.2 Å². The Balaban J connectivity index is 2.75. The van der Waals surface area contributed by atoms with E-state index in [-0.39, 0.29) is 11.9 Å². The van der Waals surface area contributed by atoms with Gasteiger partial charge in [-0.3, -0.25) is 4.79 Å². The minimum atomic E-state index is -0.00748. The van der Waals surface area contributed by atoms with Crippen molar-refractivity contribution in [3.05, 3.63) is 29.8 Å². The Labute approximate surface area is 112 Å². The van der Waals surface area contributed by atoms with Crippen LogP contribution in [0.2, 0.25) is 0 Å². The molecule has 94 valence electrons. The molecule has 0 aromatic heterocycles. The second-order valence-electron chi connectivity index (χ2n) is 3.76. The molecule has 0 aliphatic rings. The molecule has 17 heavy (non-hydrogen) atoms. The van der Waals surface area contributed by atoms with Gasteiger partial charge in [-0.2, -0.15) is 0 Å². The molecule has 0 bridgehead atoms. The average molecular weight is 272 g/mol. The summed E-state index contributed by atoms with van der Waals surface area (Å²) < 4.78 is 0. The van der Waals surface area contributed by atoms with Crippen LogP contribution in [0, 0.1) is 0 Å². The van der Waals surface area contributed by atoms with Gasteiger partial charge in [0.25, 0.3) is 5.91 Å². The van der Waals surface area contributed by atoms with E-state index in [9.17, 15) is 4.79 Å². The van der Waals surface area contributed by atoms with Gasteiger partial charge >= 0.3 is 0 Å². The summed E-state index contributed by atoms with van der Waals surface area (Å²) in [5.74, 6) is 0.565. The average Bonchev–Trinajstić information content (AvgIpc) is 2.38. The normalized spacial score (nSPS) is 12.2. The highest BCUT2D eigenvalue weighted by Gasteiger charge is 2.14. The van der Waals surface area contributed by atoms with Crippen LogP contribution >= 0.6 is 23.4 Å². The Bertz CT molecular complexity index is 370. The van der Waals surface area contributed by atoms with E-state index in [1.807, 2.05) is 30.5 Å². The monoisotopic (exact) mass is 271 g/mol. The van der Waals surface area contributed by atoms with E-state index in [1.54, 1.807) is 11.8 Å². The number of benzene rings is 1. The number of alkyl halides is 1. The number of amides is 1. The van der Waals surface area contributed by atoms with Crippen LogP contribution in [0.3, 0.4) is 0 Å². The first-order valence-corrected chi connectivity index (χ1v) is 7.48. The maximum absolute atomic E-state index is 12.1. The summed E-state index contributed by atoms with van der Waals surface area (Å²) in [5, 5.41) is 3.02. The van der Waals surface area contributed by atoms with E-state index in [1.165, 1.54) is 0 Å². The largest absolute Gasteiger partial charge is 0.349 e. The zero-order valence-corrected chi connectivity index (χ0v) is 11.8. The number of carbonyl (C=O) groups is 1. The first-order chi connectivity index (χ1) is 8.22. The summed E-state index contributed by atoms with van der Waals surface area (Å²) in [6, 6.07) is 7.81. The van der Waals surface area contributed by atoms with Gasteiger partial charge in [0.1, 0.15) is 0 Å². The van der Waals surface area contributed by atoms with Gasteiger partial charge in [0.2, 0.25) is 0 Å². The highest BCUT2D eigenvalue weighted by atomic mass is 35.5. The van der Waals surface area contributed by atoms with Crippen LogP contribution in [-0.2, 0) is 0 Å². The molecule has 0 saturated carbocycles. The van der Waals surface area contributed by atoms with E-state index in [0.717, 1.165) is 23.3 Å². The molecular weight excluding hydrogens is 254 g/mol. The van der Waals surface area contributed by atoms with Crippen molar-refractivity contribution in [2.45, 2.75) is 30.7 Å². The predicted molar refractivity (Wildman–Crippen MR) is 75.1 cm³/mol. The quantitative estimate of drug-likeness (QED) is 0.633. The highest BCUT2D eigenvalue weighted by Crippen LogP contribution is 2.19. The molecule has 0 aliphatic carbocycles. The van der Waals surface area contributed by atoms with Crippen LogP contribution in [0.25, 0.3) is 0 Å². The molecule has 0 saturated heterocycles. The predicted octanol–water partition coefficient (Wildman–Crippen LogP) is 3.55. The molecule has 0 radical (unpaired) electrons. The summed E-state index contributed by atoms with van der Waals surface area (Å²) in [6.45, 7) is 2.05. The summed E-state index contributed by atoms with van der Waals surface area (Å²) in [6.07, 6.45) is 3.69. The molecule has 2 nitrogen and oxygen atoms in total. The van der Waals surface area contributed by atoms with Crippen LogP contribution in [0.1, 0.15) is 30.1 Å². The number of nitrogens with one attached hydrogen (secondary N) is 1. The molecule has 1 N–H and O–H groups in total. The summed E-state index contributed by atoms with van der Waals surface area (Å²) >= 11 is 7.29. The topological polar surface area (TPSA) is 29.1 Å². The Morgan fingerprint density at radius 3 is 2.76 bits per heavy atom. The van der Waals surface area contributed by atoms with Crippen molar-refractivity contribution in [3.8, 4) is 0 Å². The van der Waals surface area contributed by atoms with Crippen LogP contribution in [-0.4, -0.2) is 24.1 Å². The lowest BCUT2D eigenvalue weighted by atomic mass is 10.1. The van der Waals surface area contributed by atoms with Gasteiger partial charge < -0.3 is 5.32 Å². The van der Waals surface area contributed by atoms with Crippen molar-refractivity contribution in [1.82, 2.24) is 5.32 Å². The molecule has 0 heterocycles. The van der Waals surface area contributed by atoms with E-state index in [0.29, 0.717) is 5.88 Å². The third kappa shape index (κ3) is 4.25. The molecule has 1 rings (SSSR count). The lowest BCUT2D eigenvalue weighted by molar-refractivity contribution is 0.0932. The van der Waals surface area contributed by atoms with E-state index < -0.39 is 0 Å². The Hall–Kier alpha value is -0.670. The third-order valence-electron chi connectivity index (χ3n) is 2.64. The van der Waals surface area contributed by atoms with Crippen LogP contribution in [0.4, 0.5) is 0 Å². The van der Waals surface area contributed by atoms with Crippen molar-refractivity contribution in [2.75, 3.05) is 12.1 Å². The van der Waals surface area contributed by atoms with Gasteiger partial charge in [0.05, 0.1) is 5.56 Å². The molecule has 0 aliphatic heterocycles. The van der Waals surface area contributed by atoms with Gasteiger partial charge in [-0.1, -0.05) is 19.1 Å². The minimum absolute atomic E-state index is 0.00748. The number of hydrogen-bond acceptors (Lipinski definition) is 2. The summed E-state index contributed by atoms with van der Waals surface area (Å²) in [7, 11) is 0. The fourth-order valence-electron chi connectivity index (χ4n) is 1.61. The van der Waals surface area contributed by atoms with Crippen molar-refractivity contribution in [1.29, 1.82) is 0 Å². The third-order valence-corrected chi connectivity index (χ3v) is 3.65. The van der Waals surface area contributed by atoms with Gasteiger partial charge in [-0.15, -0.1) is 23.4 Å². The number of hydrogen-bond donors (Lipinski definition) is 1. The molecular formula is C13H18ClNOS. The van der Waals surface area contributed by atoms with Crippen LogP contribution < -0.4 is 5.32 Å². The van der Waals surface area contributed by atoms with Crippen molar-refractivity contribution in [2.24, 2.45) is 0 Å². The molecule has 0 fully saturated rings. The summed E-state index contributed by atoms with van der Waals surface area (Å²) in [4.78, 5) is 13.1. The molecule has 1 aromatic rings. The second-order valence-corrected chi connectivity index (χ2v) is 4.98. The fraction of sp³-hybridized carbons (Fsp3) is 0.462. The molecule has 0 spiro atoms. The van der Waals surface area contributed by atoms with Crippen molar-refractivity contribution in [3.63, 3.8) is 0 Å². The van der Waals surface area contributed by atoms with Crippen LogP contribution in [0.5, 0.6) is 0 Å². The lowest BCUT2D eigenvalue weighted by Crippen LogP contribution is -2.34. The minimum Gasteiger partial charge on any atom is -0.349 e. The Morgan fingerprint density at radius 1 is 1.47 bits per heavy atom. The summed E-state index contributed by atoms with van der Waals surface area (Å²) in [5.41, 5.74) is 0.744. The second kappa shape index (κ2) is 7.62. The van der Waals surface area contributed by atoms with Gasteiger partial charge in [0, 0.05) is 16.8 Å². The number of thioether (sulfide) groups is 1. The first-order valence-electron chi connectivity index (χ1n) is 5.72. The Kier molecular flexibility index (Phi) is 6.45. The SMILES string of the molecule is CCC(CCCl)NC(=O)c1ccccc1SC. The number of rotatable bonds is 6. The molecule has 1 amide bonds. The fourth-order valence-corrected chi connectivity index (χ4v) is 2.46. The standard InChI is InChI=1S/C13H18ClNOS/c1-3-10(8-9-14)15-13(16)11-6-4-5-7-12(11)17-2/h4-7,10H,3,8-9H2,1-2H3,(H,15,16). The van der Waals surface area contributed by atoms with E-state index in [4.69, 9.17) is 11.6 Å². The van der Waals surface area contributed by atoms with E-state index >= 15 is 0 Å². The maximum Gasteiger partial charge on any atom is 0.252 e. The highest BCUT2D eigenvalue weighted by molar-refractivity contribution is 7.98. The smallest absolute Gasteiger partial charge is 0.252 e. The number of carbonyl (C=O) groups excluding carboxylic acids is 1. The number of halogens is 1. The van der Waals surface area contributed by atoms with Gasteiger partial charge in [-0.05, 0) is 31.2 Å². The van der Waals surface area contributed by atoms with Crippen molar-refractivity contribution < 1.29 is 4.79 Å². The maximum atomic E-state index is 12.1. The first kappa shape index (κ1) is 14.4. The molecule has 1 unspecified atom stereocenters. The zero-order chi connectivity index (χ0) is 12.7. The lowest BCUT2D eigenvalue weighted by Gasteiger charge is -2.16. The van der Waals surface area contributed by atoms with Crippen molar-refractivity contribution >= 4 is 29.3 Å².